The molecule has 358 valence electrons. The number of ether oxygens (including phenoxy) is 7. The van der Waals surface area contributed by atoms with Crippen molar-refractivity contribution in [3.05, 3.63) is 23.8 Å². The Hall–Kier alpha value is -2.02. The summed E-state index contributed by atoms with van der Waals surface area (Å²) in [6.45, 7) is 10.1. The molecule has 0 amide bonds. The molecular formula is C44H68O19. The lowest BCUT2D eigenvalue weighted by molar-refractivity contribution is -0.362. The van der Waals surface area contributed by atoms with E-state index in [0.717, 1.165) is 5.57 Å². The maximum absolute atomic E-state index is 13.5. The Bertz CT molecular complexity index is 1680. The molecule has 0 aromatic carbocycles. The summed E-state index contributed by atoms with van der Waals surface area (Å²) in [5, 5.41) is 104. The molecule has 7 rings (SSSR count). The van der Waals surface area contributed by atoms with Gasteiger partial charge in [0.1, 0.15) is 72.9 Å². The van der Waals surface area contributed by atoms with Crippen LogP contribution in [-0.2, 0) is 42.7 Å². The summed E-state index contributed by atoms with van der Waals surface area (Å²) < 4.78 is 41.4. The van der Waals surface area contributed by atoms with Crippen molar-refractivity contribution in [3.63, 3.8) is 0 Å². The van der Waals surface area contributed by atoms with Crippen molar-refractivity contribution in [2.75, 3.05) is 19.8 Å². The summed E-state index contributed by atoms with van der Waals surface area (Å²) in [5.74, 6) is -1.13. The molecule has 0 aromatic heterocycles. The smallest absolute Gasteiger partial charge is 0.306 e. The number of esters is 1. The summed E-state index contributed by atoms with van der Waals surface area (Å²) >= 11 is 0. The summed E-state index contributed by atoms with van der Waals surface area (Å²) in [4.78, 5) is 26.9. The van der Waals surface area contributed by atoms with Crippen LogP contribution in [0.1, 0.15) is 79.1 Å². The minimum Gasteiger partial charge on any atom is -0.462 e. The van der Waals surface area contributed by atoms with Gasteiger partial charge in [0.25, 0.3) is 0 Å². The van der Waals surface area contributed by atoms with E-state index in [2.05, 4.69) is 26.5 Å². The highest BCUT2D eigenvalue weighted by molar-refractivity contribution is 5.81. The number of hydrogen-bond acceptors (Lipinski definition) is 19. The summed E-state index contributed by atoms with van der Waals surface area (Å²) in [5.41, 5.74) is 0.327. The Labute approximate surface area is 366 Å². The first-order valence-electron chi connectivity index (χ1n) is 22.4. The number of hydrogen-bond donors (Lipinski definition) is 10. The lowest BCUT2D eigenvalue weighted by Gasteiger charge is -2.60. The first-order chi connectivity index (χ1) is 29.7. The molecule has 0 radical (unpaired) electrons. The highest BCUT2D eigenvalue weighted by atomic mass is 16.8. The standard InChI is InChI=1S/C44H68O19/c1-18(16-57-40-37(55)36(54)34(52)28(15-45)61-40)6-9-30(49)60-27-14-25-23-8-7-21-12-22(47)13-29(44(21,5)24(23)10-11-43(25,4)31(27)19(2)46)62-42-39(33(51)26(48)17-58-42)63-41-38(56)35(53)32(50)20(3)59-41/h7,20,22-29,31-42,45,47-48,50-56H,1,6,8-17H2,2-5H3/t20-,22+,23+,24-,25-,26-,27-,28+,29+,31-,32-,33-,34+,35+,36-,37+,38+,39+,40+,41-,42-,43+,44-/m0/s1. The molecule has 19 nitrogen and oxygen atoms in total. The fourth-order valence-corrected chi connectivity index (χ4v) is 12.2. The van der Waals surface area contributed by atoms with Gasteiger partial charge in [-0.2, -0.15) is 0 Å². The molecule has 3 aliphatic heterocycles. The number of fused-ring (bicyclic) bond motifs is 5. The van der Waals surface area contributed by atoms with E-state index in [9.17, 15) is 60.7 Å². The number of aliphatic hydroxyl groups is 10. The molecule has 6 fully saturated rings. The first-order valence-corrected chi connectivity index (χ1v) is 22.4. The number of carbonyl (C=O) groups excluding carboxylic acids is 2. The van der Waals surface area contributed by atoms with Crippen LogP contribution in [-0.4, -0.2) is 187 Å². The van der Waals surface area contributed by atoms with Gasteiger partial charge in [0.15, 0.2) is 18.9 Å². The SMILES string of the molecule is C=C(CCC(=O)O[C@H]1C[C@H]2[C@@H]3CC=C4C[C@@H](O)C[C@@H](O[C@@H]5OC[C@H](O)[C@H](O)[C@H]5O[C@@H]5O[C@@H](C)[C@H](O)[C@@H](O)[C@H]5O)[C@]4(C)[C@H]3CC[C@@]2(C)[C@H]1C(C)=O)CO[C@@H]1O[C@H](CO)[C@@H](O)[C@H](O)[C@H]1O. The van der Waals surface area contributed by atoms with Crippen molar-refractivity contribution < 1.29 is 93.8 Å². The number of allylic oxidation sites excluding steroid dienone is 1. The van der Waals surface area contributed by atoms with Gasteiger partial charge in [-0.25, -0.2) is 0 Å². The second-order valence-corrected chi connectivity index (χ2v) is 19.5. The van der Waals surface area contributed by atoms with Gasteiger partial charge in [-0.05, 0) is 75.5 Å². The van der Waals surface area contributed by atoms with Gasteiger partial charge in [-0.1, -0.05) is 37.6 Å². The minimum absolute atomic E-state index is 0.00149. The van der Waals surface area contributed by atoms with Crippen LogP contribution >= 0.6 is 0 Å². The Balaban J connectivity index is 1.03. The third-order valence-electron chi connectivity index (χ3n) is 15.7. The number of carbonyl (C=O) groups is 2. The predicted molar refractivity (Wildman–Crippen MR) is 214 cm³/mol. The van der Waals surface area contributed by atoms with E-state index in [0.29, 0.717) is 37.7 Å². The van der Waals surface area contributed by atoms with Crippen LogP contribution in [0.2, 0.25) is 0 Å². The first kappa shape index (κ1) is 48.9. The van der Waals surface area contributed by atoms with Crippen molar-refractivity contribution in [1.82, 2.24) is 0 Å². The molecule has 3 heterocycles. The molecule has 3 saturated carbocycles. The fraction of sp³-hybridized carbons (Fsp3) is 0.864. The molecule has 0 bridgehead atoms. The maximum Gasteiger partial charge on any atom is 0.306 e. The third-order valence-corrected chi connectivity index (χ3v) is 15.7. The molecule has 4 aliphatic carbocycles. The van der Waals surface area contributed by atoms with Gasteiger partial charge in [0.2, 0.25) is 0 Å². The molecular weight excluding hydrogens is 832 g/mol. The van der Waals surface area contributed by atoms with Crippen LogP contribution in [0, 0.1) is 34.5 Å². The fourth-order valence-electron chi connectivity index (χ4n) is 12.2. The quantitative estimate of drug-likeness (QED) is 0.0741. The molecule has 23 atom stereocenters. The molecule has 0 unspecified atom stereocenters. The molecule has 63 heavy (non-hydrogen) atoms. The topological polar surface area (TPSA) is 301 Å². The monoisotopic (exact) mass is 900 g/mol. The Morgan fingerprint density at radius 1 is 0.841 bits per heavy atom. The Kier molecular flexibility index (Phi) is 15.0. The zero-order valence-electron chi connectivity index (χ0n) is 36.3. The molecule has 19 heteroatoms. The van der Waals surface area contributed by atoms with Crippen LogP contribution in [0.5, 0.6) is 0 Å². The Morgan fingerprint density at radius 2 is 1.54 bits per heavy atom. The predicted octanol–water partition coefficient (Wildman–Crippen LogP) is -1.52. The van der Waals surface area contributed by atoms with E-state index in [1.807, 2.05) is 0 Å². The lowest BCUT2D eigenvalue weighted by atomic mass is 9.46. The molecule has 7 aliphatic rings. The van der Waals surface area contributed by atoms with E-state index in [-0.39, 0.29) is 56.0 Å². The number of aliphatic hydroxyl groups excluding tert-OH is 10. The maximum atomic E-state index is 13.5. The van der Waals surface area contributed by atoms with Crippen molar-refractivity contribution >= 4 is 11.8 Å². The molecule has 10 N–H and O–H groups in total. The summed E-state index contributed by atoms with van der Waals surface area (Å²) in [7, 11) is 0. The summed E-state index contributed by atoms with van der Waals surface area (Å²) in [6, 6.07) is 0. The lowest BCUT2D eigenvalue weighted by Crippen LogP contribution is -2.63. The van der Waals surface area contributed by atoms with Gasteiger partial charge in [0.05, 0.1) is 44.1 Å². The average molecular weight is 901 g/mol. The van der Waals surface area contributed by atoms with Gasteiger partial charge in [0, 0.05) is 18.3 Å². The second kappa shape index (κ2) is 19.3. The normalized spacial score (nSPS) is 49.8. The molecule has 3 saturated heterocycles. The van der Waals surface area contributed by atoms with Crippen LogP contribution in [0.4, 0.5) is 0 Å². The van der Waals surface area contributed by atoms with Crippen molar-refractivity contribution in [3.8, 4) is 0 Å². The van der Waals surface area contributed by atoms with Gasteiger partial charge >= 0.3 is 5.97 Å². The van der Waals surface area contributed by atoms with Crippen LogP contribution in [0.3, 0.4) is 0 Å². The third kappa shape index (κ3) is 9.21. The van der Waals surface area contributed by atoms with E-state index in [1.165, 1.54) is 13.8 Å². The zero-order chi connectivity index (χ0) is 45.9. The highest BCUT2D eigenvalue weighted by Gasteiger charge is 2.65. The van der Waals surface area contributed by atoms with Gasteiger partial charge < -0.3 is 84.2 Å². The van der Waals surface area contributed by atoms with Crippen LogP contribution < -0.4 is 0 Å². The van der Waals surface area contributed by atoms with Crippen molar-refractivity contribution in [2.24, 2.45) is 34.5 Å². The van der Waals surface area contributed by atoms with Crippen LogP contribution in [0.15, 0.2) is 23.8 Å². The van der Waals surface area contributed by atoms with Crippen molar-refractivity contribution in [2.45, 2.75) is 183 Å². The molecule has 0 spiro atoms. The van der Waals surface area contributed by atoms with Crippen molar-refractivity contribution in [1.29, 1.82) is 0 Å². The van der Waals surface area contributed by atoms with Gasteiger partial charge in [-0.15, -0.1) is 0 Å². The Morgan fingerprint density at radius 3 is 2.24 bits per heavy atom. The van der Waals surface area contributed by atoms with Gasteiger partial charge in [-0.3, -0.25) is 9.59 Å². The van der Waals surface area contributed by atoms with E-state index >= 15 is 0 Å². The van der Waals surface area contributed by atoms with E-state index < -0.39 is 134 Å². The largest absolute Gasteiger partial charge is 0.462 e. The summed E-state index contributed by atoms with van der Waals surface area (Å²) in [6.07, 6.45) is -16.7. The van der Waals surface area contributed by atoms with Crippen LogP contribution in [0.25, 0.3) is 0 Å². The van der Waals surface area contributed by atoms with E-state index in [4.69, 9.17) is 33.2 Å². The number of ketones is 1. The minimum atomic E-state index is -1.69. The average Bonchev–Trinajstić information content (AvgIpc) is 3.54. The second-order valence-electron chi connectivity index (χ2n) is 19.5. The highest BCUT2D eigenvalue weighted by Crippen LogP contribution is 2.67. The number of Topliss-reactive ketones (excluding diaryl/α,β-unsaturated/α-hetero) is 1. The number of rotatable bonds is 13. The molecule has 0 aromatic rings. The zero-order valence-corrected chi connectivity index (χ0v) is 36.3. The van der Waals surface area contributed by atoms with E-state index in [1.54, 1.807) is 0 Å².